The summed E-state index contributed by atoms with van der Waals surface area (Å²) in [6.07, 6.45) is 7.96. The lowest BCUT2D eigenvalue weighted by molar-refractivity contribution is 0.0950. The Morgan fingerprint density at radius 2 is 1.94 bits per heavy atom. The van der Waals surface area contributed by atoms with Crippen LogP contribution in [0.3, 0.4) is 0 Å². The van der Waals surface area contributed by atoms with E-state index in [2.05, 4.69) is 20.3 Å². The average Bonchev–Trinajstić information content (AvgIpc) is 2.38. The molecule has 0 saturated heterocycles. The Morgan fingerprint density at radius 3 is 2.62 bits per heavy atom. The summed E-state index contributed by atoms with van der Waals surface area (Å²) in [5, 5.41) is 2.75. The van der Waals surface area contributed by atoms with Crippen LogP contribution in [0.2, 0.25) is 0 Å². The van der Waals surface area contributed by atoms with Crippen molar-refractivity contribution in [2.45, 2.75) is 6.54 Å². The van der Waals surface area contributed by atoms with Crippen LogP contribution in [-0.4, -0.2) is 20.9 Å². The minimum atomic E-state index is -0.145. The molecule has 16 heavy (non-hydrogen) atoms. The summed E-state index contributed by atoms with van der Waals surface area (Å²) in [5.41, 5.74) is 1.31. The SMILES string of the molecule is O=C(NCc1cnccn1)c1ccncc1. The Balaban J connectivity index is 1.95. The zero-order chi connectivity index (χ0) is 11.2. The van der Waals surface area contributed by atoms with E-state index < -0.39 is 0 Å². The monoisotopic (exact) mass is 214 g/mol. The third-order valence-electron chi connectivity index (χ3n) is 1.99. The van der Waals surface area contributed by atoms with Crippen molar-refractivity contribution >= 4 is 5.91 Å². The van der Waals surface area contributed by atoms with Gasteiger partial charge in [-0.05, 0) is 12.1 Å². The van der Waals surface area contributed by atoms with Crippen molar-refractivity contribution in [3.05, 3.63) is 54.4 Å². The number of nitrogens with one attached hydrogen (secondary N) is 1. The normalized spacial score (nSPS) is 9.75. The Bertz CT molecular complexity index is 458. The minimum Gasteiger partial charge on any atom is -0.346 e. The molecule has 0 bridgehead atoms. The summed E-state index contributed by atoms with van der Waals surface area (Å²) >= 11 is 0. The van der Waals surface area contributed by atoms with E-state index in [1.807, 2.05) is 0 Å². The largest absolute Gasteiger partial charge is 0.346 e. The number of carbonyl (C=O) groups is 1. The molecule has 0 aliphatic carbocycles. The van der Waals surface area contributed by atoms with E-state index in [1.54, 1.807) is 43.1 Å². The van der Waals surface area contributed by atoms with Gasteiger partial charge in [-0.25, -0.2) is 0 Å². The maximum atomic E-state index is 11.6. The van der Waals surface area contributed by atoms with Crippen molar-refractivity contribution in [3.8, 4) is 0 Å². The molecule has 2 rings (SSSR count). The molecule has 0 aliphatic rings. The summed E-state index contributed by atoms with van der Waals surface area (Å²) in [6, 6.07) is 3.32. The van der Waals surface area contributed by atoms with Gasteiger partial charge in [0.15, 0.2) is 0 Å². The van der Waals surface area contributed by atoms with Gasteiger partial charge in [-0.2, -0.15) is 0 Å². The molecule has 2 aromatic heterocycles. The molecule has 2 aromatic rings. The third-order valence-corrected chi connectivity index (χ3v) is 1.99. The van der Waals surface area contributed by atoms with E-state index >= 15 is 0 Å². The van der Waals surface area contributed by atoms with Crippen LogP contribution in [0.25, 0.3) is 0 Å². The van der Waals surface area contributed by atoms with Crippen molar-refractivity contribution in [1.29, 1.82) is 0 Å². The van der Waals surface area contributed by atoms with Crippen LogP contribution in [0.1, 0.15) is 16.1 Å². The van der Waals surface area contributed by atoms with Crippen LogP contribution in [0, 0.1) is 0 Å². The second-order valence-electron chi connectivity index (χ2n) is 3.12. The highest BCUT2D eigenvalue weighted by Crippen LogP contribution is 1.97. The fourth-order valence-corrected chi connectivity index (χ4v) is 1.20. The maximum Gasteiger partial charge on any atom is 0.251 e. The van der Waals surface area contributed by atoms with Gasteiger partial charge >= 0.3 is 0 Å². The van der Waals surface area contributed by atoms with Gasteiger partial charge in [0.25, 0.3) is 5.91 Å². The average molecular weight is 214 g/mol. The van der Waals surface area contributed by atoms with Crippen LogP contribution in [-0.2, 0) is 6.54 Å². The number of amides is 1. The number of hydrogen-bond donors (Lipinski definition) is 1. The minimum absolute atomic E-state index is 0.145. The number of hydrogen-bond acceptors (Lipinski definition) is 4. The van der Waals surface area contributed by atoms with Crippen LogP contribution < -0.4 is 5.32 Å². The van der Waals surface area contributed by atoms with E-state index in [-0.39, 0.29) is 5.91 Å². The molecule has 0 unspecified atom stereocenters. The standard InChI is InChI=1S/C11H10N4O/c16-11(9-1-3-12-4-2-9)15-8-10-7-13-5-6-14-10/h1-7H,8H2,(H,15,16). The molecule has 5 nitrogen and oxygen atoms in total. The Hall–Kier alpha value is -2.30. The molecular weight excluding hydrogens is 204 g/mol. The predicted octanol–water partition coefficient (Wildman–Crippen LogP) is 0.802. The van der Waals surface area contributed by atoms with Crippen molar-refractivity contribution in [3.63, 3.8) is 0 Å². The number of carbonyl (C=O) groups excluding carboxylic acids is 1. The molecule has 0 saturated carbocycles. The summed E-state index contributed by atoms with van der Waals surface area (Å²) in [6.45, 7) is 0.370. The third kappa shape index (κ3) is 2.60. The molecule has 0 atom stereocenters. The number of aromatic nitrogens is 3. The summed E-state index contributed by atoms with van der Waals surface area (Å²) in [7, 11) is 0. The van der Waals surface area contributed by atoms with E-state index in [0.29, 0.717) is 12.1 Å². The molecule has 5 heteroatoms. The predicted molar refractivity (Wildman–Crippen MR) is 57.4 cm³/mol. The first-order valence-electron chi connectivity index (χ1n) is 4.79. The summed E-state index contributed by atoms with van der Waals surface area (Å²) in [4.78, 5) is 23.4. The molecule has 0 aliphatic heterocycles. The van der Waals surface area contributed by atoms with E-state index in [1.165, 1.54) is 0 Å². The summed E-state index contributed by atoms with van der Waals surface area (Å²) in [5.74, 6) is -0.145. The lowest BCUT2D eigenvalue weighted by atomic mass is 10.2. The van der Waals surface area contributed by atoms with Gasteiger partial charge in [-0.1, -0.05) is 0 Å². The fourth-order valence-electron chi connectivity index (χ4n) is 1.20. The van der Waals surface area contributed by atoms with Crippen LogP contribution in [0.15, 0.2) is 43.1 Å². The molecule has 2 heterocycles. The van der Waals surface area contributed by atoms with E-state index in [4.69, 9.17) is 0 Å². The second-order valence-corrected chi connectivity index (χ2v) is 3.12. The molecular formula is C11H10N4O. The van der Waals surface area contributed by atoms with Crippen LogP contribution >= 0.6 is 0 Å². The Labute approximate surface area is 92.6 Å². The highest BCUT2D eigenvalue weighted by molar-refractivity contribution is 5.93. The first-order valence-corrected chi connectivity index (χ1v) is 4.79. The van der Waals surface area contributed by atoms with Crippen molar-refractivity contribution in [2.75, 3.05) is 0 Å². The van der Waals surface area contributed by atoms with Crippen LogP contribution in [0.5, 0.6) is 0 Å². The first-order chi connectivity index (χ1) is 7.86. The Morgan fingerprint density at radius 1 is 1.12 bits per heavy atom. The van der Waals surface area contributed by atoms with E-state index in [0.717, 1.165) is 5.69 Å². The molecule has 1 amide bonds. The smallest absolute Gasteiger partial charge is 0.251 e. The maximum absolute atomic E-state index is 11.6. The molecule has 0 spiro atoms. The van der Waals surface area contributed by atoms with Gasteiger partial charge in [0, 0.05) is 30.4 Å². The van der Waals surface area contributed by atoms with Gasteiger partial charge in [-0.3, -0.25) is 19.7 Å². The van der Waals surface area contributed by atoms with Gasteiger partial charge in [0.05, 0.1) is 18.4 Å². The molecule has 0 aromatic carbocycles. The molecule has 80 valence electrons. The van der Waals surface area contributed by atoms with Gasteiger partial charge in [-0.15, -0.1) is 0 Å². The van der Waals surface area contributed by atoms with Crippen LogP contribution in [0.4, 0.5) is 0 Å². The van der Waals surface area contributed by atoms with Crippen molar-refractivity contribution in [1.82, 2.24) is 20.3 Å². The number of pyridine rings is 1. The number of nitrogens with zero attached hydrogens (tertiary/aromatic N) is 3. The van der Waals surface area contributed by atoms with Gasteiger partial charge < -0.3 is 5.32 Å². The molecule has 0 radical (unpaired) electrons. The second kappa shape index (κ2) is 4.97. The quantitative estimate of drug-likeness (QED) is 0.820. The zero-order valence-corrected chi connectivity index (χ0v) is 8.50. The first kappa shape index (κ1) is 10.2. The highest BCUT2D eigenvalue weighted by Gasteiger charge is 2.04. The van der Waals surface area contributed by atoms with E-state index in [9.17, 15) is 4.79 Å². The summed E-state index contributed by atoms with van der Waals surface area (Å²) < 4.78 is 0. The van der Waals surface area contributed by atoms with Crippen molar-refractivity contribution in [2.24, 2.45) is 0 Å². The topological polar surface area (TPSA) is 67.8 Å². The Kier molecular flexibility index (Phi) is 3.18. The highest BCUT2D eigenvalue weighted by atomic mass is 16.1. The van der Waals surface area contributed by atoms with Gasteiger partial charge in [0.1, 0.15) is 0 Å². The zero-order valence-electron chi connectivity index (χ0n) is 8.50. The fraction of sp³-hybridized carbons (Fsp3) is 0.0909. The number of rotatable bonds is 3. The van der Waals surface area contributed by atoms with Gasteiger partial charge in [0.2, 0.25) is 0 Å². The van der Waals surface area contributed by atoms with Crippen molar-refractivity contribution < 1.29 is 4.79 Å². The lowest BCUT2D eigenvalue weighted by Gasteiger charge is -2.03. The molecule has 0 fully saturated rings. The molecule has 1 N–H and O–H groups in total. The lowest BCUT2D eigenvalue weighted by Crippen LogP contribution is -2.23.